The maximum atomic E-state index is 5.40. The summed E-state index contributed by atoms with van der Waals surface area (Å²) in [7, 11) is 3.23. The van der Waals surface area contributed by atoms with Crippen LogP contribution in [0.2, 0.25) is 0 Å². The molecule has 2 heterocycles. The molecule has 1 aliphatic heterocycles. The van der Waals surface area contributed by atoms with E-state index >= 15 is 0 Å². The Balaban J connectivity index is 1.88. The molecule has 1 aromatic carbocycles. The van der Waals surface area contributed by atoms with Gasteiger partial charge in [0.2, 0.25) is 0 Å². The molecule has 0 bridgehead atoms. The molecule has 0 radical (unpaired) electrons. The summed E-state index contributed by atoms with van der Waals surface area (Å²) < 4.78 is 16.0. The van der Waals surface area contributed by atoms with Gasteiger partial charge in [0.1, 0.15) is 11.5 Å². The first-order valence-electron chi connectivity index (χ1n) is 7.11. The van der Waals surface area contributed by atoms with Crippen molar-refractivity contribution < 1.29 is 14.0 Å². The molecule has 6 heteroatoms. The van der Waals surface area contributed by atoms with Gasteiger partial charge >= 0.3 is 0 Å². The van der Waals surface area contributed by atoms with Gasteiger partial charge in [0.15, 0.2) is 5.82 Å². The third-order valence-electron chi connectivity index (χ3n) is 3.70. The molecule has 1 aromatic heterocycles. The number of nitrogens with one attached hydrogen (secondary N) is 1. The molecule has 1 atom stereocenters. The average molecular weight is 289 g/mol. The van der Waals surface area contributed by atoms with E-state index in [4.69, 9.17) is 14.0 Å². The van der Waals surface area contributed by atoms with Crippen molar-refractivity contribution in [3.8, 4) is 23.0 Å². The van der Waals surface area contributed by atoms with E-state index in [1.165, 1.54) is 12.8 Å². The number of aromatic nitrogens is 2. The Morgan fingerprint density at radius 2 is 2.14 bits per heavy atom. The molecule has 1 N–H and O–H groups in total. The third-order valence-corrected chi connectivity index (χ3v) is 3.70. The van der Waals surface area contributed by atoms with Gasteiger partial charge in [0.05, 0.1) is 25.8 Å². The van der Waals surface area contributed by atoms with Crippen LogP contribution in [-0.2, 0) is 0 Å². The normalized spacial score (nSPS) is 18.5. The molecular weight excluding hydrogens is 270 g/mol. The maximum absolute atomic E-state index is 5.40. The van der Waals surface area contributed by atoms with E-state index in [9.17, 15) is 0 Å². The highest BCUT2D eigenvalue weighted by Crippen LogP contribution is 2.33. The molecule has 1 unspecified atom stereocenters. The first kappa shape index (κ1) is 13.9. The Morgan fingerprint density at radius 3 is 2.86 bits per heavy atom. The Kier molecular flexibility index (Phi) is 4.06. The SMILES string of the molecule is COc1ccc(-c2nc(C3CCCCN3)no2)c(OC)c1. The summed E-state index contributed by atoms with van der Waals surface area (Å²) >= 11 is 0. The molecule has 3 rings (SSSR count). The minimum absolute atomic E-state index is 0.181. The third kappa shape index (κ3) is 2.85. The minimum atomic E-state index is 0.181. The lowest BCUT2D eigenvalue weighted by atomic mass is 10.0. The second-order valence-electron chi connectivity index (χ2n) is 5.03. The number of piperidine rings is 1. The Labute approximate surface area is 123 Å². The Bertz CT molecular complexity index is 606. The summed E-state index contributed by atoms with van der Waals surface area (Å²) in [6, 6.07) is 5.70. The van der Waals surface area contributed by atoms with Gasteiger partial charge in [0.25, 0.3) is 5.89 Å². The monoisotopic (exact) mass is 289 g/mol. The fourth-order valence-electron chi connectivity index (χ4n) is 2.53. The summed E-state index contributed by atoms with van der Waals surface area (Å²) in [4.78, 5) is 4.51. The Morgan fingerprint density at radius 1 is 1.24 bits per heavy atom. The molecule has 1 aliphatic rings. The van der Waals surface area contributed by atoms with Crippen molar-refractivity contribution in [1.29, 1.82) is 0 Å². The molecule has 21 heavy (non-hydrogen) atoms. The van der Waals surface area contributed by atoms with E-state index in [0.717, 1.165) is 24.3 Å². The van der Waals surface area contributed by atoms with Crippen LogP contribution in [0.4, 0.5) is 0 Å². The second kappa shape index (κ2) is 6.13. The van der Waals surface area contributed by atoms with Gasteiger partial charge in [0, 0.05) is 6.07 Å². The van der Waals surface area contributed by atoms with Crippen molar-refractivity contribution in [3.05, 3.63) is 24.0 Å². The molecule has 0 aliphatic carbocycles. The van der Waals surface area contributed by atoms with Gasteiger partial charge in [-0.25, -0.2) is 0 Å². The van der Waals surface area contributed by atoms with Crippen molar-refractivity contribution in [2.24, 2.45) is 0 Å². The molecule has 1 saturated heterocycles. The van der Waals surface area contributed by atoms with Crippen LogP contribution in [0.25, 0.3) is 11.5 Å². The number of hydrogen-bond acceptors (Lipinski definition) is 6. The summed E-state index contributed by atoms with van der Waals surface area (Å²) in [5.74, 6) is 2.56. The van der Waals surface area contributed by atoms with E-state index in [-0.39, 0.29) is 6.04 Å². The predicted molar refractivity (Wildman–Crippen MR) is 77.4 cm³/mol. The molecular formula is C15H19N3O3. The van der Waals surface area contributed by atoms with E-state index < -0.39 is 0 Å². The van der Waals surface area contributed by atoms with Crippen LogP contribution in [0.15, 0.2) is 22.7 Å². The fraction of sp³-hybridized carbons (Fsp3) is 0.467. The highest BCUT2D eigenvalue weighted by Gasteiger charge is 2.22. The van der Waals surface area contributed by atoms with Crippen molar-refractivity contribution >= 4 is 0 Å². The van der Waals surface area contributed by atoms with Crippen molar-refractivity contribution in [3.63, 3.8) is 0 Å². The summed E-state index contributed by atoms with van der Waals surface area (Å²) in [6.45, 7) is 1.00. The smallest absolute Gasteiger partial charge is 0.261 e. The number of benzene rings is 1. The topological polar surface area (TPSA) is 69.4 Å². The average Bonchev–Trinajstić information content (AvgIpc) is 3.04. The standard InChI is InChI=1S/C15H19N3O3/c1-19-10-6-7-11(13(9-10)20-2)15-17-14(18-21-15)12-5-3-4-8-16-12/h6-7,9,12,16H,3-5,8H2,1-2H3. The lowest BCUT2D eigenvalue weighted by Gasteiger charge is -2.19. The van der Waals surface area contributed by atoms with Crippen LogP contribution in [0.1, 0.15) is 31.1 Å². The van der Waals surface area contributed by atoms with Crippen LogP contribution < -0.4 is 14.8 Å². The predicted octanol–water partition coefficient (Wildman–Crippen LogP) is 2.57. The van der Waals surface area contributed by atoms with E-state index in [0.29, 0.717) is 17.5 Å². The molecule has 0 saturated carbocycles. The van der Waals surface area contributed by atoms with Gasteiger partial charge in [-0.15, -0.1) is 0 Å². The lowest BCUT2D eigenvalue weighted by Crippen LogP contribution is -2.27. The zero-order valence-corrected chi connectivity index (χ0v) is 12.3. The molecule has 2 aromatic rings. The molecule has 112 valence electrons. The van der Waals surface area contributed by atoms with Gasteiger partial charge in [-0.05, 0) is 31.5 Å². The second-order valence-corrected chi connectivity index (χ2v) is 5.03. The number of rotatable bonds is 4. The van der Waals surface area contributed by atoms with Gasteiger partial charge in [-0.2, -0.15) is 4.98 Å². The van der Waals surface area contributed by atoms with Gasteiger partial charge in [-0.1, -0.05) is 11.6 Å². The molecule has 0 spiro atoms. The van der Waals surface area contributed by atoms with Crippen molar-refractivity contribution in [1.82, 2.24) is 15.5 Å². The van der Waals surface area contributed by atoms with Crippen LogP contribution in [0, 0.1) is 0 Å². The number of nitrogens with zero attached hydrogens (tertiary/aromatic N) is 2. The lowest BCUT2D eigenvalue weighted by molar-refractivity contribution is 0.365. The van der Waals surface area contributed by atoms with Crippen LogP contribution in [0.5, 0.6) is 11.5 Å². The largest absolute Gasteiger partial charge is 0.497 e. The summed E-state index contributed by atoms with van der Waals surface area (Å²) in [5.41, 5.74) is 0.771. The van der Waals surface area contributed by atoms with Gasteiger partial charge in [-0.3, -0.25) is 0 Å². The Hall–Kier alpha value is -2.08. The van der Waals surface area contributed by atoms with E-state index in [2.05, 4.69) is 15.5 Å². The maximum Gasteiger partial charge on any atom is 0.261 e. The van der Waals surface area contributed by atoms with E-state index in [1.54, 1.807) is 20.3 Å². The van der Waals surface area contributed by atoms with Crippen molar-refractivity contribution in [2.45, 2.75) is 25.3 Å². The highest BCUT2D eigenvalue weighted by atomic mass is 16.5. The quantitative estimate of drug-likeness (QED) is 0.933. The zero-order chi connectivity index (χ0) is 14.7. The number of methoxy groups -OCH3 is 2. The van der Waals surface area contributed by atoms with Gasteiger partial charge < -0.3 is 19.3 Å². The molecule has 0 amide bonds. The van der Waals surface area contributed by atoms with Crippen molar-refractivity contribution in [2.75, 3.05) is 20.8 Å². The molecule has 1 fully saturated rings. The number of hydrogen-bond donors (Lipinski definition) is 1. The number of ether oxygens (including phenoxy) is 2. The van der Waals surface area contributed by atoms with Crippen LogP contribution in [0.3, 0.4) is 0 Å². The van der Waals surface area contributed by atoms with Crippen LogP contribution >= 0.6 is 0 Å². The minimum Gasteiger partial charge on any atom is -0.497 e. The first-order valence-corrected chi connectivity index (χ1v) is 7.11. The molecule has 6 nitrogen and oxygen atoms in total. The summed E-state index contributed by atoms with van der Waals surface area (Å²) in [6.07, 6.45) is 3.43. The van der Waals surface area contributed by atoms with Crippen LogP contribution in [-0.4, -0.2) is 30.9 Å². The highest BCUT2D eigenvalue weighted by molar-refractivity contribution is 5.64. The first-order chi connectivity index (χ1) is 10.3. The fourth-order valence-corrected chi connectivity index (χ4v) is 2.53. The zero-order valence-electron chi connectivity index (χ0n) is 12.3. The van der Waals surface area contributed by atoms with E-state index in [1.807, 2.05) is 12.1 Å². The summed E-state index contributed by atoms with van der Waals surface area (Å²) in [5, 5.41) is 7.51.